The zero-order valence-electron chi connectivity index (χ0n) is 10.3. The Morgan fingerprint density at radius 1 is 1.37 bits per heavy atom. The Kier molecular flexibility index (Phi) is 4.43. The number of carbonyl (C=O) groups excluding carboxylic acids is 1. The molecule has 1 aromatic carbocycles. The zero-order chi connectivity index (χ0) is 12.7. The fourth-order valence-electron chi connectivity index (χ4n) is 2.09. The van der Waals surface area contributed by atoms with E-state index in [9.17, 15) is 4.79 Å². The average Bonchev–Trinajstić information content (AvgIpc) is 2.88. The van der Waals surface area contributed by atoms with Gasteiger partial charge in [0, 0.05) is 11.4 Å². The number of hydrogen-bond donors (Lipinski definition) is 0. The van der Waals surface area contributed by atoms with E-state index in [1.54, 1.807) is 18.3 Å². The lowest BCUT2D eigenvalue weighted by molar-refractivity contribution is -0.666. The van der Waals surface area contributed by atoms with Crippen LogP contribution in [0, 0.1) is 0 Å². The lowest BCUT2D eigenvalue weighted by Crippen LogP contribution is -2.28. The van der Waals surface area contributed by atoms with Crippen LogP contribution < -0.4 is 9.47 Å². The van der Waals surface area contributed by atoms with Crippen LogP contribution in [0.5, 0.6) is 0 Å². The first-order valence-electron chi connectivity index (χ1n) is 5.72. The normalized spacial score (nSPS) is 13.1. The highest BCUT2D eigenvalue weighted by Gasteiger charge is 2.34. The molecule has 2 heterocycles. The third kappa shape index (κ3) is 2.75. The lowest BCUT2D eigenvalue weighted by Gasteiger charge is -2.01. The van der Waals surface area contributed by atoms with Gasteiger partial charge in [-0.3, -0.25) is 0 Å². The van der Waals surface area contributed by atoms with Crippen molar-refractivity contribution >= 4 is 55.3 Å². The monoisotopic (exact) mass is 403 g/mol. The molecule has 100 valence electrons. The molecule has 3 rings (SSSR count). The minimum absolute atomic E-state index is 0. The van der Waals surface area contributed by atoms with Crippen LogP contribution in [0.2, 0.25) is 0 Å². The Bertz CT molecular complexity index is 610. The van der Waals surface area contributed by atoms with Crippen LogP contribution in [0.1, 0.15) is 6.92 Å². The molecule has 0 bridgehead atoms. The number of rotatable bonds is 1. The van der Waals surface area contributed by atoms with E-state index in [4.69, 9.17) is 0 Å². The van der Waals surface area contributed by atoms with E-state index >= 15 is 0 Å². The maximum Gasteiger partial charge on any atom is 0.344 e. The summed E-state index contributed by atoms with van der Waals surface area (Å²) in [5, 5.41) is 1.04. The summed E-state index contributed by atoms with van der Waals surface area (Å²) in [5.41, 5.74) is 1.19. The van der Waals surface area contributed by atoms with Crippen molar-refractivity contribution < 1.29 is 9.36 Å². The Hall–Kier alpha value is -0.720. The molecular weight excluding hydrogens is 392 g/mol. The topological polar surface area (TPSA) is 24.2 Å². The van der Waals surface area contributed by atoms with Crippen molar-refractivity contribution in [1.29, 1.82) is 0 Å². The van der Waals surface area contributed by atoms with Gasteiger partial charge in [0.2, 0.25) is 0 Å². The molecule has 1 aliphatic heterocycles. The fraction of sp³-hybridized carbons (Fsp3) is 0.231. The molecule has 19 heavy (non-hydrogen) atoms. The number of hydrogen-bond acceptors (Lipinski definition) is 2. The van der Waals surface area contributed by atoms with E-state index in [0.29, 0.717) is 0 Å². The third-order valence-electron chi connectivity index (χ3n) is 3.02. The highest BCUT2D eigenvalue weighted by atomic mass is 79.9. The van der Waals surface area contributed by atoms with Gasteiger partial charge < -0.3 is 0 Å². The summed E-state index contributed by atoms with van der Waals surface area (Å²) < 4.78 is 3.23. The SMILES string of the molecule is Br.CC(=O)N1CC[n+]2cc(-c3ccc(Br)cc3)sc21. The molecule has 0 saturated heterocycles. The number of amides is 1. The number of fused-ring (bicyclic) bond motifs is 1. The second-order valence-electron chi connectivity index (χ2n) is 4.25. The smallest absolute Gasteiger partial charge is 0.247 e. The van der Waals surface area contributed by atoms with Crippen LogP contribution in [-0.2, 0) is 11.3 Å². The van der Waals surface area contributed by atoms with E-state index in [1.807, 2.05) is 17.0 Å². The van der Waals surface area contributed by atoms with Crippen molar-refractivity contribution in [3.8, 4) is 10.4 Å². The first-order chi connectivity index (χ1) is 8.65. The predicted octanol–water partition coefficient (Wildman–Crippen LogP) is 3.41. The van der Waals surface area contributed by atoms with Gasteiger partial charge in [0.15, 0.2) is 0 Å². The van der Waals surface area contributed by atoms with Crippen molar-refractivity contribution in [3.05, 3.63) is 34.9 Å². The molecule has 0 saturated carbocycles. The van der Waals surface area contributed by atoms with Crippen LogP contribution in [-0.4, -0.2) is 12.5 Å². The number of carbonyl (C=O) groups is 1. The first kappa shape index (κ1) is 14.7. The van der Waals surface area contributed by atoms with Gasteiger partial charge in [-0.05, 0) is 29.0 Å². The molecule has 0 unspecified atom stereocenters. The highest BCUT2D eigenvalue weighted by Crippen LogP contribution is 2.32. The number of anilines is 1. The van der Waals surface area contributed by atoms with Crippen molar-refractivity contribution in [3.63, 3.8) is 0 Å². The number of benzene rings is 1. The summed E-state index contributed by atoms with van der Waals surface area (Å²) in [6, 6.07) is 8.24. The van der Waals surface area contributed by atoms with Crippen LogP contribution in [0.3, 0.4) is 0 Å². The van der Waals surface area contributed by atoms with Crippen molar-refractivity contribution in [2.24, 2.45) is 0 Å². The lowest BCUT2D eigenvalue weighted by atomic mass is 10.2. The van der Waals surface area contributed by atoms with Crippen molar-refractivity contribution in [2.45, 2.75) is 13.5 Å². The van der Waals surface area contributed by atoms with Gasteiger partial charge in [0.25, 0.3) is 0 Å². The number of halogens is 2. The maximum absolute atomic E-state index is 11.5. The van der Waals surface area contributed by atoms with Crippen LogP contribution >= 0.6 is 44.2 Å². The average molecular weight is 405 g/mol. The summed E-state index contributed by atoms with van der Waals surface area (Å²) in [6.45, 7) is 3.30. The Labute approximate surface area is 134 Å². The standard InChI is InChI=1S/C13H12BrN2OS.BrH/c1-9(17)16-7-6-15-8-12(18-13(15)16)10-2-4-11(14)5-3-10;/h2-5,8H,6-7H2,1H3;1H/q+1;. The molecule has 2 aromatic rings. The van der Waals surface area contributed by atoms with Gasteiger partial charge in [0.05, 0.1) is 4.88 Å². The largest absolute Gasteiger partial charge is 0.344 e. The summed E-state index contributed by atoms with van der Waals surface area (Å²) in [6.07, 6.45) is 2.13. The molecule has 1 amide bonds. The van der Waals surface area contributed by atoms with E-state index in [1.165, 1.54) is 10.4 Å². The molecule has 3 nitrogen and oxygen atoms in total. The first-order valence-corrected chi connectivity index (χ1v) is 7.33. The van der Waals surface area contributed by atoms with Gasteiger partial charge >= 0.3 is 11.0 Å². The minimum Gasteiger partial charge on any atom is -0.247 e. The Morgan fingerprint density at radius 2 is 2.05 bits per heavy atom. The molecule has 0 spiro atoms. The van der Waals surface area contributed by atoms with E-state index in [2.05, 4.69) is 38.8 Å². The Morgan fingerprint density at radius 3 is 2.68 bits per heavy atom. The van der Waals surface area contributed by atoms with Gasteiger partial charge in [-0.1, -0.05) is 28.1 Å². The van der Waals surface area contributed by atoms with Gasteiger partial charge in [-0.2, -0.15) is 4.90 Å². The van der Waals surface area contributed by atoms with Gasteiger partial charge in [-0.25, -0.2) is 9.36 Å². The highest BCUT2D eigenvalue weighted by molar-refractivity contribution is 9.10. The number of thiazole rings is 1. The molecule has 1 aromatic heterocycles. The molecule has 0 fully saturated rings. The summed E-state index contributed by atoms with van der Waals surface area (Å²) in [4.78, 5) is 14.6. The van der Waals surface area contributed by atoms with Crippen molar-refractivity contribution in [1.82, 2.24) is 0 Å². The third-order valence-corrected chi connectivity index (χ3v) is 4.75. The molecular formula is C13H13Br2N2OS+. The van der Waals surface area contributed by atoms with Crippen LogP contribution in [0.25, 0.3) is 10.4 Å². The Balaban J connectivity index is 0.00000133. The minimum atomic E-state index is 0. The fourth-order valence-corrected chi connectivity index (χ4v) is 3.58. The zero-order valence-corrected chi connectivity index (χ0v) is 14.4. The van der Waals surface area contributed by atoms with Crippen LogP contribution in [0.15, 0.2) is 34.9 Å². The van der Waals surface area contributed by atoms with E-state index in [-0.39, 0.29) is 22.9 Å². The van der Waals surface area contributed by atoms with Gasteiger partial charge in [-0.15, -0.1) is 17.0 Å². The maximum atomic E-state index is 11.5. The van der Waals surface area contributed by atoms with Gasteiger partial charge in [0.1, 0.15) is 19.3 Å². The molecule has 0 N–H and O–H groups in total. The second-order valence-corrected chi connectivity index (χ2v) is 6.17. The predicted molar refractivity (Wildman–Crippen MR) is 86.0 cm³/mol. The molecule has 0 atom stereocenters. The number of nitrogens with zero attached hydrogens (tertiary/aromatic N) is 2. The van der Waals surface area contributed by atoms with Crippen LogP contribution in [0.4, 0.5) is 5.13 Å². The summed E-state index contributed by atoms with van der Waals surface area (Å²) in [5.74, 6) is 0.116. The van der Waals surface area contributed by atoms with E-state index in [0.717, 1.165) is 22.7 Å². The summed E-state index contributed by atoms with van der Waals surface area (Å²) in [7, 11) is 0. The second kappa shape index (κ2) is 5.73. The molecule has 0 radical (unpaired) electrons. The molecule has 0 aliphatic carbocycles. The molecule has 1 aliphatic rings. The van der Waals surface area contributed by atoms with E-state index < -0.39 is 0 Å². The quantitative estimate of drug-likeness (QED) is 0.668. The van der Waals surface area contributed by atoms with Crippen molar-refractivity contribution in [2.75, 3.05) is 11.4 Å². The molecule has 6 heteroatoms. The number of aromatic nitrogens is 1. The summed E-state index contributed by atoms with van der Waals surface area (Å²) >= 11 is 5.11.